The molecule has 6 aromatic rings. The van der Waals surface area contributed by atoms with Gasteiger partial charge in [-0.3, -0.25) is 0 Å². The summed E-state index contributed by atoms with van der Waals surface area (Å²) in [5.74, 6) is 0. The van der Waals surface area contributed by atoms with Crippen molar-refractivity contribution in [2.24, 2.45) is 0 Å². The van der Waals surface area contributed by atoms with E-state index in [1.807, 2.05) is 36.7 Å². The maximum Gasteiger partial charge on any atom is 0.0894 e. The van der Waals surface area contributed by atoms with Crippen molar-refractivity contribution in [3.8, 4) is 22.5 Å². The summed E-state index contributed by atoms with van der Waals surface area (Å²) in [6.07, 6.45) is 4.04. The Labute approximate surface area is 160 Å². The molecule has 4 aromatic heterocycles. The molecule has 4 heterocycles. The molecule has 4 heteroatoms. The molecular weight excluding hydrogens is 344 g/mol. The fourth-order valence-corrected chi connectivity index (χ4v) is 3.88. The van der Waals surface area contributed by atoms with Crippen LogP contribution in [0, 0.1) is 0 Å². The zero-order chi connectivity index (χ0) is 18.5. The average molecular weight is 360 g/mol. The summed E-state index contributed by atoms with van der Waals surface area (Å²) in [4.78, 5) is 16.4. The number of rotatable bonds is 2. The highest BCUT2D eigenvalue weighted by atomic mass is 14.8. The van der Waals surface area contributed by atoms with Gasteiger partial charge in [-0.1, -0.05) is 36.4 Å². The highest BCUT2D eigenvalue weighted by molar-refractivity contribution is 5.97. The van der Waals surface area contributed by atoms with Gasteiger partial charge in [0.05, 0.1) is 22.4 Å². The molecule has 0 radical (unpaired) electrons. The number of aromatic nitrogens is 4. The summed E-state index contributed by atoms with van der Waals surface area (Å²) in [6.45, 7) is 0. The molecule has 0 saturated carbocycles. The van der Waals surface area contributed by atoms with Crippen molar-refractivity contribution < 1.29 is 0 Å². The molecule has 0 aliphatic carbocycles. The Morgan fingerprint density at radius 3 is 1.46 bits per heavy atom. The van der Waals surface area contributed by atoms with Gasteiger partial charge in [0, 0.05) is 45.3 Å². The molecule has 0 amide bonds. The number of fused-ring (bicyclic) bond motifs is 3. The molecule has 0 saturated heterocycles. The molecule has 0 unspecified atom stereocenters. The lowest BCUT2D eigenvalue weighted by Crippen LogP contribution is -1.89. The van der Waals surface area contributed by atoms with Crippen LogP contribution in [0.5, 0.6) is 0 Å². The molecule has 6 rings (SSSR count). The van der Waals surface area contributed by atoms with E-state index < -0.39 is 0 Å². The Morgan fingerprint density at radius 1 is 0.500 bits per heavy atom. The largest absolute Gasteiger partial charge is 0.360 e. The Morgan fingerprint density at radius 2 is 0.964 bits per heavy atom. The zero-order valence-corrected chi connectivity index (χ0v) is 15.0. The van der Waals surface area contributed by atoms with Gasteiger partial charge >= 0.3 is 0 Å². The van der Waals surface area contributed by atoms with Crippen LogP contribution in [0.4, 0.5) is 0 Å². The van der Waals surface area contributed by atoms with E-state index in [2.05, 4.69) is 58.5 Å². The maximum absolute atomic E-state index is 4.86. The summed E-state index contributed by atoms with van der Waals surface area (Å²) in [7, 11) is 0. The van der Waals surface area contributed by atoms with Gasteiger partial charge < -0.3 is 9.97 Å². The number of pyridine rings is 2. The Kier molecular flexibility index (Phi) is 3.14. The summed E-state index contributed by atoms with van der Waals surface area (Å²) >= 11 is 0. The van der Waals surface area contributed by atoms with Gasteiger partial charge in [-0.05, 0) is 36.4 Å². The second-order valence-electron chi connectivity index (χ2n) is 6.93. The first-order valence-corrected chi connectivity index (χ1v) is 9.28. The predicted molar refractivity (Wildman–Crippen MR) is 114 cm³/mol. The average Bonchev–Trinajstić information content (AvgIpc) is 3.37. The lowest BCUT2D eigenvalue weighted by molar-refractivity contribution is 1.33. The number of H-pyrrole nitrogens is 2. The third-order valence-corrected chi connectivity index (χ3v) is 5.27. The van der Waals surface area contributed by atoms with E-state index in [-0.39, 0.29) is 0 Å². The molecule has 0 spiro atoms. The molecule has 2 N–H and O–H groups in total. The van der Waals surface area contributed by atoms with Crippen molar-refractivity contribution in [1.29, 1.82) is 0 Å². The van der Waals surface area contributed by atoms with Gasteiger partial charge in [0.25, 0.3) is 0 Å². The Balaban J connectivity index is 1.48. The van der Waals surface area contributed by atoms with Crippen LogP contribution >= 0.6 is 0 Å². The predicted octanol–water partition coefficient (Wildman–Crippen LogP) is 5.93. The van der Waals surface area contributed by atoms with Gasteiger partial charge in [0.2, 0.25) is 0 Å². The second kappa shape index (κ2) is 5.79. The SMILES string of the molecule is c1ccc2c(-c3ccc4nc(-c5c[nH]c6ccccc56)ccc4n3)c[nH]c2c1. The van der Waals surface area contributed by atoms with E-state index in [0.717, 1.165) is 44.6 Å². The molecule has 0 fully saturated rings. The molecule has 0 atom stereocenters. The van der Waals surface area contributed by atoms with E-state index in [1.165, 1.54) is 10.8 Å². The summed E-state index contributed by atoms with van der Waals surface area (Å²) < 4.78 is 0. The smallest absolute Gasteiger partial charge is 0.0894 e. The summed E-state index contributed by atoms with van der Waals surface area (Å²) in [5.41, 5.74) is 8.15. The van der Waals surface area contributed by atoms with Crippen LogP contribution in [0.25, 0.3) is 55.4 Å². The number of benzene rings is 2. The normalized spacial score (nSPS) is 11.6. The van der Waals surface area contributed by atoms with Crippen LogP contribution < -0.4 is 0 Å². The molecule has 2 aromatic carbocycles. The Hall–Kier alpha value is -3.92. The zero-order valence-electron chi connectivity index (χ0n) is 15.0. The van der Waals surface area contributed by atoms with Gasteiger partial charge in [-0.15, -0.1) is 0 Å². The first-order valence-electron chi connectivity index (χ1n) is 9.28. The van der Waals surface area contributed by atoms with Crippen molar-refractivity contribution in [3.05, 3.63) is 85.2 Å². The molecule has 0 aliphatic rings. The molecule has 28 heavy (non-hydrogen) atoms. The number of nitrogens with zero attached hydrogens (tertiary/aromatic N) is 2. The number of hydrogen-bond acceptors (Lipinski definition) is 2. The third kappa shape index (κ3) is 2.25. The minimum Gasteiger partial charge on any atom is -0.360 e. The van der Waals surface area contributed by atoms with Gasteiger partial charge in [-0.25, -0.2) is 9.97 Å². The van der Waals surface area contributed by atoms with Crippen molar-refractivity contribution in [1.82, 2.24) is 19.9 Å². The lowest BCUT2D eigenvalue weighted by Gasteiger charge is -2.05. The van der Waals surface area contributed by atoms with Gasteiger partial charge in [0.15, 0.2) is 0 Å². The molecule has 0 bridgehead atoms. The van der Waals surface area contributed by atoms with Crippen LogP contribution in [0.15, 0.2) is 85.2 Å². The monoisotopic (exact) mass is 360 g/mol. The second-order valence-corrected chi connectivity index (χ2v) is 6.93. The van der Waals surface area contributed by atoms with E-state index in [4.69, 9.17) is 9.97 Å². The number of aromatic amines is 2. The van der Waals surface area contributed by atoms with Crippen LogP contribution in [-0.2, 0) is 0 Å². The number of nitrogens with one attached hydrogen (secondary N) is 2. The molecule has 4 nitrogen and oxygen atoms in total. The van der Waals surface area contributed by atoms with Crippen LogP contribution in [0.3, 0.4) is 0 Å². The summed E-state index contributed by atoms with van der Waals surface area (Å²) in [5, 5.41) is 2.36. The van der Waals surface area contributed by atoms with Gasteiger partial charge in [-0.2, -0.15) is 0 Å². The molecule has 0 aliphatic heterocycles. The van der Waals surface area contributed by atoms with E-state index in [0.29, 0.717) is 0 Å². The van der Waals surface area contributed by atoms with E-state index >= 15 is 0 Å². The topological polar surface area (TPSA) is 57.4 Å². The van der Waals surface area contributed by atoms with Crippen molar-refractivity contribution in [2.75, 3.05) is 0 Å². The number of para-hydroxylation sites is 2. The van der Waals surface area contributed by atoms with Crippen LogP contribution in [-0.4, -0.2) is 19.9 Å². The Bertz CT molecular complexity index is 1360. The molecule has 132 valence electrons. The lowest BCUT2D eigenvalue weighted by atomic mass is 10.1. The van der Waals surface area contributed by atoms with Crippen molar-refractivity contribution in [3.63, 3.8) is 0 Å². The van der Waals surface area contributed by atoms with Crippen molar-refractivity contribution in [2.45, 2.75) is 0 Å². The quantitative estimate of drug-likeness (QED) is 0.402. The van der Waals surface area contributed by atoms with Crippen molar-refractivity contribution >= 4 is 32.8 Å². The third-order valence-electron chi connectivity index (χ3n) is 5.27. The first-order chi connectivity index (χ1) is 13.9. The highest BCUT2D eigenvalue weighted by Gasteiger charge is 2.11. The van der Waals surface area contributed by atoms with Crippen LogP contribution in [0.2, 0.25) is 0 Å². The highest BCUT2D eigenvalue weighted by Crippen LogP contribution is 2.31. The minimum absolute atomic E-state index is 0.895. The summed E-state index contributed by atoms with van der Waals surface area (Å²) in [6, 6.07) is 24.8. The fraction of sp³-hybridized carbons (Fsp3) is 0. The standard InChI is InChI=1S/C24H16N4/c1-3-7-19-15(5-1)17(13-25-19)21-9-11-24-23(27-21)12-10-22(28-24)18-14-26-20-8-4-2-6-16(18)20/h1-14,25-26H. The van der Waals surface area contributed by atoms with Crippen LogP contribution in [0.1, 0.15) is 0 Å². The minimum atomic E-state index is 0.895. The number of hydrogen-bond donors (Lipinski definition) is 2. The van der Waals surface area contributed by atoms with E-state index in [1.54, 1.807) is 0 Å². The van der Waals surface area contributed by atoms with E-state index in [9.17, 15) is 0 Å². The molecular formula is C24H16N4. The first kappa shape index (κ1) is 15.2. The van der Waals surface area contributed by atoms with Gasteiger partial charge in [0.1, 0.15) is 0 Å². The fourth-order valence-electron chi connectivity index (χ4n) is 3.88. The maximum atomic E-state index is 4.86.